The Labute approximate surface area is 208 Å². The molecule has 0 unspecified atom stereocenters. The van der Waals surface area contributed by atoms with E-state index in [-0.39, 0.29) is 0 Å². The lowest BCUT2D eigenvalue weighted by Crippen LogP contribution is -2.19. The summed E-state index contributed by atoms with van der Waals surface area (Å²) in [4.78, 5) is 24.8. The van der Waals surface area contributed by atoms with Crippen LogP contribution >= 0.6 is 0 Å². The molecule has 2 N–H and O–H groups in total. The average Bonchev–Trinajstić information content (AvgIpc) is 2.93. The lowest BCUT2D eigenvalue weighted by atomic mass is 10.1. The molecule has 0 aliphatic heterocycles. The van der Waals surface area contributed by atoms with Gasteiger partial charge in [0, 0.05) is 34.4 Å². The highest BCUT2D eigenvalue weighted by atomic mass is 16.5. The topological polar surface area (TPSA) is 120 Å². The summed E-state index contributed by atoms with van der Waals surface area (Å²) in [5.41, 5.74) is 6.88. The quantitative estimate of drug-likeness (QED) is 0.333. The van der Waals surface area contributed by atoms with Crippen LogP contribution in [0.1, 0.15) is 31.8 Å². The van der Waals surface area contributed by atoms with E-state index in [0.717, 1.165) is 0 Å². The predicted octanol–water partition coefficient (Wildman–Crippen LogP) is 3.25. The predicted molar refractivity (Wildman–Crippen MR) is 136 cm³/mol. The molecule has 0 bridgehead atoms. The van der Waals surface area contributed by atoms with E-state index in [1.54, 1.807) is 50.6 Å². The second kappa shape index (κ2) is 12.6. The highest BCUT2D eigenvalue weighted by Crippen LogP contribution is 2.24. The lowest BCUT2D eigenvalue weighted by molar-refractivity contribution is 0.0943. The zero-order valence-corrected chi connectivity index (χ0v) is 20.3. The Hall–Kier alpha value is -4.86. The molecule has 0 fully saturated rings. The maximum Gasteiger partial charge on any atom is 0.271 e. The molecule has 3 aromatic rings. The van der Waals surface area contributed by atoms with Crippen molar-refractivity contribution in [3.63, 3.8) is 0 Å². The minimum Gasteiger partial charge on any atom is -0.497 e. The van der Waals surface area contributed by atoms with Crippen molar-refractivity contribution < 1.29 is 28.5 Å². The SMILES string of the molecule is COc1ccc(/C=N/NC(=O)c2ccc(C(=O)N/N=C/c3ccc(OC)cc3OC)cc2)c(OC)c1. The highest BCUT2D eigenvalue weighted by molar-refractivity contribution is 5.98. The zero-order valence-electron chi connectivity index (χ0n) is 20.3. The van der Waals surface area contributed by atoms with Gasteiger partial charge in [-0.25, -0.2) is 10.9 Å². The first-order valence-electron chi connectivity index (χ1n) is 10.7. The van der Waals surface area contributed by atoms with Crippen molar-refractivity contribution in [2.24, 2.45) is 10.2 Å². The maximum absolute atomic E-state index is 12.4. The largest absolute Gasteiger partial charge is 0.497 e. The van der Waals surface area contributed by atoms with Crippen LogP contribution < -0.4 is 29.8 Å². The number of amides is 2. The number of carbonyl (C=O) groups is 2. The number of hydrazone groups is 2. The van der Waals surface area contributed by atoms with E-state index in [2.05, 4.69) is 21.1 Å². The molecule has 0 saturated carbocycles. The molecule has 10 nitrogen and oxygen atoms in total. The van der Waals surface area contributed by atoms with Gasteiger partial charge in [-0.2, -0.15) is 10.2 Å². The van der Waals surface area contributed by atoms with Gasteiger partial charge in [-0.3, -0.25) is 9.59 Å². The van der Waals surface area contributed by atoms with Crippen molar-refractivity contribution >= 4 is 24.2 Å². The van der Waals surface area contributed by atoms with E-state index in [9.17, 15) is 9.59 Å². The lowest BCUT2D eigenvalue weighted by Gasteiger charge is -2.07. The third kappa shape index (κ3) is 6.60. The van der Waals surface area contributed by atoms with Crippen LogP contribution in [-0.2, 0) is 0 Å². The normalized spacial score (nSPS) is 10.8. The summed E-state index contributed by atoms with van der Waals surface area (Å²) in [6, 6.07) is 16.5. The van der Waals surface area contributed by atoms with Crippen LogP contribution in [0.25, 0.3) is 0 Å². The molecule has 0 spiro atoms. The number of hydrogen-bond donors (Lipinski definition) is 2. The molecule has 0 aliphatic carbocycles. The van der Waals surface area contributed by atoms with Gasteiger partial charge in [0.1, 0.15) is 23.0 Å². The number of methoxy groups -OCH3 is 4. The van der Waals surface area contributed by atoms with Gasteiger partial charge in [-0.15, -0.1) is 0 Å². The summed E-state index contributed by atoms with van der Waals surface area (Å²) in [6.45, 7) is 0. The highest BCUT2D eigenvalue weighted by Gasteiger charge is 2.09. The van der Waals surface area contributed by atoms with Gasteiger partial charge in [-0.1, -0.05) is 0 Å². The van der Waals surface area contributed by atoms with Crippen molar-refractivity contribution in [2.45, 2.75) is 0 Å². The molecular formula is C26H26N4O6. The van der Waals surface area contributed by atoms with Crippen molar-refractivity contribution in [2.75, 3.05) is 28.4 Å². The van der Waals surface area contributed by atoms with E-state index >= 15 is 0 Å². The van der Waals surface area contributed by atoms with Crippen molar-refractivity contribution in [1.29, 1.82) is 0 Å². The van der Waals surface area contributed by atoms with Gasteiger partial charge in [0.2, 0.25) is 0 Å². The van der Waals surface area contributed by atoms with Crippen molar-refractivity contribution in [1.82, 2.24) is 10.9 Å². The minimum absolute atomic E-state index is 0.330. The first-order valence-corrected chi connectivity index (χ1v) is 10.7. The molecular weight excluding hydrogens is 464 g/mol. The van der Waals surface area contributed by atoms with Crippen molar-refractivity contribution in [3.8, 4) is 23.0 Å². The minimum atomic E-state index is -0.435. The number of rotatable bonds is 10. The van der Waals surface area contributed by atoms with E-state index in [4.69, 9.17) is 18.9 Å². The summed E-state index contributed by atoms with van der Waals surface area (Å²) in [5, 5.41) is 7.94. The first-order chi connectivity index (χ1) is 17.5. The van der Waals surface area contributed by atoms with Crippen LogP contribution in [0, 0.1) is 0 Å². The Kier molecular flexibility index (Phi) is 8.99. The fraction of sp³-hybridized carbons (Fsp3) is 0.154. The molecule has 0 heterocycles. The Bertz CT molecular complexity index is 1170. The van der Waals surface area contributed by atoms with Crippen LogP contribution in [0.3, 0.4) is 0 Å². The van der Waals surface area contributed by atoms with Crippen LogP contribution in [0.4, 0.5) is 0 Å². The molecule has 186 valence electrons. The second-order valence-electron chi connectivity index (χ2n) is 7.19. The standard InChI is InChI=1S/C26H26N4O6/c1-33-21-11-9-19(23(13-21)35-3)15-27-29-25(31)17-5-7-18(8-6-17)26(32)30-28-16-20-10-12-22(34-2)14-24(20)36-4/h5-16H,1-4H3,(H,29,31)(H,30,32)/b27-15+,28-16+. The van der Waals surface area contributed by atoms with Gasteiger partial charge in [0.25, 0.3) is 11.8 Å². The summed E-state index contributed by atoms with van der Waals surface area (Å²) in [7, 11) is 6.18. The molecule has 0 aromatic heterocycles. The number of carbonyl (C=O) groups excluding carboxylic acids is 2. The monoisotopic (exact) mass is 490 g/mol. The van der Waals surface area contributed by atoms with Gasteiger partial charge < -0.3 is 18.9 Å². The molecule has 0 saturated heterocycles. The molecule has 10 heteroatoms. The van der Waals surface area contributed by atoms with E-state index < -0.39 is 11.8 Å². The average molecular weight is 491 g/mol. The summed E-state index contributed by atoms with van der Waals surface area (Å²) >= 11 is 0. The van der Waals surface area contributed by atoms with Crippen LogP contribution in [0.2, 0.25) is 0 Å². The van der Waals surface area contributed by atoms with Crippen LogP contribution in [-0.4, -0.2) is 52.7 Å². The van der Waals surface area contributed by atoms with Gasteiger partial charge in [-0.05, 0) is 48.5 Å². The smallest absolute Gasteiger partial charge is 0.271 e. The van der Waals surface area contributed by atoms with Crippen LogP contribution in [0.15, 0.2) is 70.9 Å². The molecule has 3 aromatic carbocycles. The molecule has 36 heavy (non-hydrogen) atoms. The van der Waals surface area contributed by atoms with E-state index in [1.807, 2.05) is 0 Å². The molecule has 0 aliphatic rings. The van der Waals surface area contributed by atoms with E-state index in [1.165, 1.54) is 50.9 Å². The van der Waals surface area contributed by atoms with Crippen LogP contribution in [0.5, 0.6) is 23.0 Å². The number of nitrogens with one attached hydrogen (secondary N) is 2. The zero-order chi connectivity index (χ0) is 25.9. The Morgan fingerprint density at radius 1 is 0.611 bits per heavy atom. The number of benzene rings is 3. The number of nitrogens with zero attached hydrogens (tertiary/aromatic N) is 2. The maximum atomic E-state index is 12.4. The summed E-state index contributed by atoms with van der Waals surface area (Å²) in [6.07, 6.45) is 2.93. The Morgan fingerprint density at radius 3 is 1.33 bits per heavy atom. The Morgan fingerprint density at radius 2 is 1.00 bits per heavy atom. The molecule has 0 radical (unpaired) electrons. The van der Waals surface area contributed by atoms with Gasteiger partial charge in [0.15, 0.2) is 0 Å². The first kappa shape index (κ1) is 25.8. The van der Waals surface area contributed by atoms with Gasteiger partial charge in [0.05, 0.1) is 40.9 Å². The Balaban J connectivity index is 1.57. The number of hydrogen-bond acceptors (Lipinski definition) is 8. The molecule has 0 atom stereocenters. The third-order valence-electron chi connectivity index (χ3n) is 5.03. The van der Waals surface area contributed by atoms with Gasteiger partial charge >= 0.3 is 0 Å². The second-order valence-corrected chi connectivity index (χ2v) is 7.19. The fourth-order valence-corrected chi connectivity index (χ4v) is 3.07. The fourth-order valence-electron chi connectivity index (χ4n) is 3.07. The molecule has 2 amide bonds. The summed E-state index contributed by atoms with van der Waals surface area (Å²) < 4.78 is 20.9. The van der Waals surface area contributed by atoms with E-state index in [0.29, 0.717) is 45.3 Å². The summed E-state index contributed by atoms with van der Waals surface area (Å²) in [5.74, 6) is 1.52. The third-order valence-corrected chi connectivity index (χ3v) is 5.03. The number of ether oxygens (including phenoxy) is 4. The molecule has 3 rings (SSSR count). The van der Waals surface area contributed by atoms with Crippen molar-refractivity contribution in [3.05, 3.63) is 82.9 Å².